The Morgan fingerprint density at radius 1 is 1.42 bits per heavy atom. The number of Topliss-reactive ketones (excluding diaryl/α,β-unsaturated/α-hetero) is 1. The van der Waals surface area contributed by atoms with Gasteiger partial charge < -0.3 is 0 Å². The van der Waals surface area contributed by atoms with Crippen LogP contribution in [0.1, 0.15) is 30.6 Å². The third-order valence-electron chi connectivity index (χ3n) is 3.27. The van der Waals surface area contributed by atoms with E-state index in [0.717, 1.165) is 0 Å². The zero-order valence-electron chi connectivity index (χ0n) is 11.2. The van der Waals surface area contributed by atoms with Crippen LogP contribution in [0.15, 0.2) is 18.2 Å². The van der Waals surface area contributed by atoms with Crippen molar-refractivity contribution in [3.05, 3.63) is 33.8 Å². The van der Waals surface area contributed by atoms with Crippen LogP contribution in [0.3, 0.4) is 0 Å². The molecule has 1 aromatic rings. The lowest BCUT2D eigenvalue weighted by molar-refractivity contribution is 0.0829. The van der Waals surface area contributed by atoms with Crippen LogP contribution in [-0.4, -0.2) is 29.8 Å². The van der Waals surface area contributed by atoms with Gasteiger partial charge in [-0.25, -0.2) is 0 Å². The number of benzene rings is 1. The van der Waals surface area contributed by atoms with Crippen LogP contribution < -0.4 is 0 Å². The number of likely N-dealkylation sites (N-methyl/N-ethyl adjacent to an activating group) is 1. The minimum absolute atomic E-state index is 0.00928. The lowest BCUT2D eigenvalue weighted by Gasteiger charge is -2.28. The Kier molecular flexibility index (Phi) is 5.81. The van der Waals surface area contributed by atoms with Crippen molar-refractivity contribution in [3.8, 4) is 6.07 Å². The molecule has 0 saturated heterocycles. The summed E-state index contributed by atoms with van der Waals surface area (Å²) in [4.78, 5) is 14.2. The highest BCUT2D eigenvalue weighted by molar-refractivity contribution is 6.37. The lowest BCUT2D eigenvalue weighted by Crippen LogP contribution is -2.41. The first-order valence-corrected chi connectivity index (χ1v) is 6.72. The number of rotatable bonds is 5. The van der Waals surface area contributed by atoms with E-state index in [4.69, 9.17) is 28.5 Å². The quantitative estimate of drug-likeness (QED) is 0.777. The van der Waals surface area contributed by atoms with Crippen LogP contribution in [0.2, 0.25) is 10.0 Å². The minimum atomic E-state index is -0.345. The molecule has 1 rings (SSSR count). The second-order valence-corrected chi connectivity index (χ2v) is 5.38. The number of carbonyl (C=O) groups is 1. The monoisotopic (exact) mass is 298 g/mol. The van der Waals surface area contributed by atoms with E-state index in [0.29, 0.717) is 22.0 Å². The Labute approximate surface area is 123 Å². The molecule has 0 spiro atoms. The number of nitrogens with zero attached hydrogens (tertiary/aromatic N) is 2. The van der Waals surface area contributed by atoms with Crippen molar-refractivity contribution in [1.82, 2.24) is 4.90 Å². The molecule has 0 heterocycles. The maximum atomic E-state index is 12.4. The SMILES string of the molecule is CC(CC#N)N(C)C(C)C(=O)c1ccc(Cl)cc1Cl. The Morgan fingerprint density at radius 3 is 2.58 bits per heavy atom. The van der Waals surface area contributed by atoms with Gasteiger partial charge in [0.1, 0.15) is 0 Å². The van der Waals surface area contributed by atoms with Crippen molar-refractivity contribution in [1.29, 1.82) is 5.26 Å². The van der Waals surface area contributed by atoms with E-state index in [1.54, 1.807) is 25.1 Å². The van der Waals surface area contributed by atoms with Gasteiger partial charge in [0.15, 0.2) is 5.78 Å². The smallest absolute Gasteiger partial charge is 0.181 e. The summed E-state index contributed by atoms with van der Waals surface area (Å²) in [6.07, 6.45) is 0.377. The van der Waals surface area contributed by atoms with E-state index >= 15 is 0 Å². The van der Waals surface area contributed by atoms with E-state index in [2.05, 4.69) is 6.07 Å². The van der Waals surface area contributed by atoms with Gasteiger partial charge in [-0.2, -0.15) is 5.26 Å². The van der Waals surface area contributed by atoms with Crippen LogP contribution in [0, 0.1) is 11.3 Å². The molecule has 0 amide bonds. The fourth-order valence-corrected chi connectivity index (χ4v) is 2.26. The number of ketones is 1. The molecule has 0 aromatic heterocycles. The molecule has 0 saturated carbocycles. The third-order valence-corrected chi connectivity index (χ3v) is 3.82. The second kappa shape index (κ2) is 6.91. The van der Waals surface area contributed by atoms with Crippen molar-refractivity contribution in [2.24, 2.45) is 0 Å². The van der Waals surface area contributed by atoms with Crippen molar-refractivity contribution < 1.29 is 4.79 Å². The Morgan fingerprint density at radius 2 is 2.05 bits per heavy atom. The molecule has 0 aliphatic rings. The third kappa shape index (κ3) is 3.94. The largest absolute Gasteiger partial charge is 0.293 e. The molecule has 5 heteroatoms. The van der Waals surface area contributed by atoms with Crippen LogP contribution in [0.5, 0.6) is 0 Å². The van der Waals surface area contributed by atoms with E-state index in [9.17, 15) is 4.79 Å². The summed E-state index contributed by atoms with van der Waals surface area (Å²) in [5.74, 6) is -0.0750. The number of carbonyl (C=O) groups excluding carboxylic acids is 1. The molecule has 3 nitrogen and oxygen atoms in total. The van der Waals surface area contributed by atoms with Gasteiger partial charge in [0, 0.05) is 16.6 Å². The Bertz CT molecular complexity index is 511. The van der Waals surface area contributed by atoms with Gasteiger partial charge in [-0.1, -0.05) is 23.2 Å². The summed E-state index contributed by atoms with van der Waals surface area (Å²) in [5.41, 5.74) is 0.453. The predicted molar refractivity (Wildman–Crippen MR) is 77.7 cm³/mol. The number of hydrogen-bond acceptors (Lipinski definition) is 3. The lowest BCUT2D eigenvalue weighted by atomic mass is 10.0. The molecule has 102 valence electrons. The molecular formula is C14H16Cl2N2O. The number of nitriles is 1. The summed E-state index contributed by atoms with van der Waals surface area (Å²) in [5, 5.41) is 9.55. The maximum Gasteiger partial charge on any atom is 0.181 e. The highest BCUT2D eigenvalue weighted by Crippen LogP contribution is 2.23. The van der Waals surface area contributed by atoms with Gasteiger partial charge in [-0.3, -0.25) is 9.69 Å². The van der Waals surface area contributed by atoms with Crippen molar-refractivity contribution in [3.63, 3.8) is 0 Å². The highest BCUT2D eigenvalue weighted by atomic mass is 35.5. The first-order valence-electron chi connectivity index (χ1n) is 5.96. The minimum Gasteiger partial charge on any atom is -0.293 e. The van der Waals surface area contributed by atoms with Crippen molar-refractivity contribution >= 4 is 29.0 Å². The molecular weight excluding hydrogens is 283 g/mol. The average Bonchev–Trinajstić information content (AvgIpc) is 2.36. The predicted octanol–water partition coefficient (Wildman–Crippen LogP) is 3.80. The normalized spacial score (nSPS) is 13.9. The second-order valence-electron chi connectivity index (χ2n) is 4.54. The number of halogens is 2. The fraction of sp³-hybridized carbons (Fsp3) is 0.429. The molecule has 0 N–H and O–H groups in total. The van der Waals surface area contributed by atoms with Crippen LogP contribution in [0.25, 0.3) is 0 Å². The van der Waals surface area contributed by atoms with Gasteiger partial charge in [0.05, 0.1) is 23.6 Å². The molecule has 0 bridgehead atoms. The molecule has 2 unspecified atom stereocenters. The summed E-state index contributed by atoms with van der Waals surface area (Å²) in [6, 6.07) is 6.60. The standard InChI is InChI=1S/C14H16Cl2N2O/c1-9(6-7-17)18(3)10(2)14(19)12-5-4-11(15)8-13(12)16/h4-5,8-10H,6H2,1-3H3. The summed E-state index contributed by atoms with van der Waals surface area (Å²) < 4.78 is 0. The zero-order valence-corrected chi connectivity index (χ0v) is 12.7. The summed E-state index contributed by atoms with van der Waals surface area (Å²) in [6.45, 7) is 3.72. The van der Waals surface area contributed by atoms with Crippen LogP contribution >= 0.6 is 23.2 Å². The molecule has 0 fully saturated rings. The summed E-state index contributed by atoms with van der Waals surface area (Å²) >= 11 is 11.9. The van der Waals surface area contributed by atoms with Gasteiger partial charge >= 0.3 is 0 Å². The van der Waals surface area contributed by atoms with Crippen molar-refractivity contribution in [2.75, 3.05) is 7.05 Å². The van der Waals surface area contributed by atoms with Crippen LogP contribution in [0.4, 0.5) is 0 Å². The molecule has 2 atom stereocenters. The van der Waals surface area contributed by atoms with Gasteiger partial charge in [-0.05, 0) is 39.1 Å². The van der Waals surface area contributed by atoms with Gasteiger partial charge in [-0.15, -0.1) is 0 Å². The first-order chi connectivity index (χ1) is 8.88. The first kappa shape index (κ1) is 16.0. The van der Waals surface area contributed by atoms with E-state index in [1.807, 2.05) is 18.9 Å². The Hall–Kier alpha value is -1.08. The topological polar surface area (TPSA) is 44.1 Å². The zero-order chi connectivity index (χ0) is 14.6. The van der Waals surface area contributed by atoms with E-state index in [-0.39, 0.29) is 17.9 Å². The molecule has 1 aromatic carbocycles. The van der Waals surface area contributed by atoms with E-state index < -0.39 is 0 Å². The Balaban J connectivity index is 2.91. The maximum absolute atomic E-state index is 12.4. The van der Waals surface area contributed by atoms with Gasteiger partial charge in [0.25, 0.3) is 0 Å². The number of hydrogen-bond donors (Lipinski definition) is 0. The molecule has 0 radical (unpaired) electrons. The molecule has 0 aliphatic heterocycles. The highest BCUT2D eigenvalue weighted by Gasteiger charge is 2.24. The van der Waals surface area contributed by atoms with Crippen molar-refractivity contribution in [2.45, 2.75) is 32.4 Å². The molecule has 0 aliphatic carbocycles. The van der Waals surface area contributed by atoms with Crippen LogP contribution in [-0.2, 0) is 0 Å². The summed E-state index contributed by atoms with van der Waals surface area (Å²) in [7, 11) is 1.83. The average molecular weight is 299 g/mol. The van der Waals surface area contributed by atoms with Gasteiger partial charge in [0.2, 0.25) is 0 Å². The molecule has 19 heavy (non-hydrogen) atoms. The fourth-order valence-electron chi connectivity index (χ4n) is 1.76. The van der Waals surface area contributed by atoms with E-state index in [1.165, 1.54) is 0 Å².